The Hall–Kier alpha value is -0.920. The van der Waals surface area contributed by atoms with Crippen LogP contribution in [0.2, 0.25) is 0 Å². The van der Waals surface area contributed by atoms with Crippen molar-refractivity contribution in [2.45, 2.75) is 32.4 Å². The van der Waals surface area contributed by atoms with Crippen LogP contribution < -0.4 is 5.32 Å². The van der Waals surface area contributed by atoms with Crippen molar-refractivity contribution in [1.82, 2.24) is 5.32 Å². The Labute approximate surface area is 109 Å². The monoisotopic (exact) mass is 301 g/mol. The summed E-state index contributed by atoms with van der Waals surface area (Å²) < 4.78 is 27.3. The van der Waals surface area contributed by atoms with Crippen LogP contribution in [0.25, 0.3) is 0 Å². The molecular formula is C13H14BrF2N. The summed E-state index contributed by atoms with van der Waals surface area (Å²) in [5.41, 5.74) is 0.0369. The molecule has 0 amide bonds. The quantitative estimate of drug-likeness (QED) is 0.647. The molecular weight excluding hydrogens is 288 g/mol. The molecule has 0 aromatic heterocycles. The van der Waals surface area contributed by atoms with Crippen molar-refractivity contribution in [3.05, 3.63) is 33.8 Å². The topological polar surface area (TPSA) is 12.0 Å². The molecule has 0 aliphatic rings. The van der Waals surface area contributed by atoms with E-state index in [1.54, 1.807) is 0 Å². The van der Waals surface area contributed by atoms with E-state index >= 15 is 0 Å². The van der Waals surface area contributed by atoms with E-state index in [0.717, 1.165) is 6.42 Å². The molecule has 0 spiro atoms. The van der Waals surface area contributed by atoms with Crippen molar-refractivity contribution in [2.75, 3.05) is 0 Å². The minimum absolute atomic E-state index is 0.0369. The van der Waals surface area contributed by atoms with Gasteiger partial charge in [0.2, 0.25) is 0 Å². The molecule has 1 unspecified atom stereocenters. The Morgan fingerprint density at radius 2 is 2.18 bits per heavy atom. The van der Waals surface area contributed by atoms with Crippen molar-refractivity contribution < 1.29 is 8.78 Å². The Morgan fingerprint density at radius 3 is 2.76 bits per heavy atom. The maximum Gasteiger partial charge on any atom is 0.144 e. The van der Waals surface area contributed by atoms with Gasteiger partial charge in [0.15, 0.2) is 0 Å². The van der Waals surface area contributed by atoms with Gasteiger partial charge in [-0.25, -0.2) is 8.78 Å². The molecule has 0 aliphatic heterocycles. The van der Waals surface area contributed by atoms with Gasteiger partial charge in [-0.2, -0.15) is 0 Å². The van der Waals surface area contributed by atoms with Gasteiger partial charge in [-0.05, 0) is 34.5 Å². The standard InChI is InChI=1S/C13H14BrF2N/c1-3-5-9(4-2)17-8-10-12(15)7-6-11(14)13(10)16/h1,6-7,9,17H,4-5,8H2,2H3. The lowest BCUT2D eigenvalue weighted by atomic mass is 10.1. The number of hydrogen-bond acceptors (Lipinski definition) is 1. The van der Waals surface area contributed by atoms with Gasteiger partial charge in [-0.15, -0.1) is 12.3 Å². The van der Waals surface area contributed by atoms with Crippen molar-refractivity contribution in [3.8, 4) is 12.3 Å². The Kier molecular flexibility index (Phi) is 5.60. The number of rotatable bonds is 5. The number of benzene rings is 1. The molecule has 0 fully saturated rings. The van der Waals surface area contributed by atoms with Gasteiger partial charge in [-0.3, -0.25) is 0 Å². The number of hydrogen-bond donors (Lipinski definition) is 1. The molecule has 1 atom stereocenters. The van der Waals surface area contributed by atoms with E-state index in [-0.39, 0.29) is 22.6 Å². The molecule has 17 heavy (non-hydrogen) atoms. The summed E-state index contributed by atoms with van der Waals surface area (Å²) in [6.45, 7) is 2.11. The van der Waals surface area contributed by atoms with Crippen molar-refractivity contribution in [2.24, 2.45) is 0 Å². The maximum absolute atomic E-state index is 13.6. The lowest BCUT2D eigenvalue weighted by molar-refractivity contribution is 0.475. The molecule has 0 aliphatic carbocycles. The molecule has 92 valence electrons. The number of terminal acetylenes is 1. The summed E-state index contributed by atoms with van der Waals surface area (Å²) >= 11 is 3.03. The van der Waals surface area contributed by atoms with Gasteiger partial charge in [0.05, 0.1) is 4.47 Å². The van der Waals surface area contributed by atoms with Crippen molar-refractivity contribution >= 4 is 15.9 Å². The Morgan fingerprint density at radius 1 is 1.47 bits per heavy atom. The summed E-state index contributed by atoms with van der Waals surface area (Å²) in [6, 6.07) is 2.68. The van der Waals surface area contributed by atoms with Crippen LogP contribution in [0.1, 0.15) is 25.3 Å². The second kappa shape index (κ2) is 6.73. The van der Waals surface area contributed by atoms with E-state index in [1.807, 2.05) is 6.92 Å². The van der Waals surface area contributed by atoms with Gasteiger partial charge in [-0.1, -0.05) is 6.92 Å². The normalized spacial score (nSPS) is 12.2. The third kappa shape index (κ3) is 3.79. The molecule has 1 aromatic carbocycles. The average molecular weight is 302 g/mol. The van der Waals surface area contributed by atoms with Crippen LogP contribution in [0.3, 0.4) is 0 Å². The lowest BCUT2D eigenvalue weighted by Crippen LogP contribution is -2.28. The molecule has 0 bridgehead atoms. The highest BCUT2D eigenvalue weighted by atomic mass is 79.9. The molecule has 0 radical (unpaired) electrons. The first-order chi connectivity index (χ1) is 8.10. The molecule has 1 N–H and O–H groups in total. The van der Waals surface area contributed by atoms with Gasteiger partial charge in [0.25, 0.3) is 0 Å². The van der Waals surface area contributed by atoms with Gasteiger partial charge in [0.1, 0.15) is 11.6 Å². The second-order valence-electron chi connectivity index (χ2n) is 3.72. The molecule has 1 nitrogen and oxygen atoms in total. The minimum atomic E-state index is -0.562. The molecule has 0 saturated carbocycles. The molecule has 4 heteroatoms. The van der Waals surface area contributed by atoms with Crippen LogP contribution in [-0.4, -0.2) is 6.04 Å². The first kappa shape index (κ1) is 14.1. The average Bonchev–Trinajstić information content (AvgIpc) is 2.32. The molecule has 1 rings (SSSR count). The van der Waals surface area contributed by atoms with Gasteiger partial charge >= 0.3 is 0 Å². The van der Waals surface area contributed by atoms with E-state index in [4.69, 9.17) is 6.42 Å². The highest BCUT2D eigenvalue weighted by Gasteiger charge is 2.13. The third-order valence-corrected chi connectivity index (χ3v) is 3.18. The maximum atomic E-state index is 13.6. The zero-order valence-electron chi connectivity index (χ0n) is 9.56. The van der Waals surface area contributed by atoms with Crippen LogP contribution >= 0.6 is 15.9 Å². The van der Waals surface area contributed by atoms with E-state index < -0.39 is 11.6 Å². The molecule has 1 aromatic rings. The van der Waals surface area contributed by atoms with Crippen LogP contribution in [0.4, 0.5) is 8.78 Å². The SMILES string of the molecule is C#CCC(CC)NCc1c(F)ccc(Br)c1F. The first-order valence-corrected chi connectivity index (χ1v) is 6.18. The van der Waals surface area contributed by atoms with E-state index in [2.05, 4.69) is 27.2 Å². The second-order valence-corrected chi connectivity index (χ2v) is 4.57. The van der Waals surface area contributed by atoms with Crippen molar-refractivity contribution in [3.63, 3.8) is 0 Å². The minimum Gasteiger partial charge on any atom is -0.309 e. The van der Waals surface area contributed by atoms with Crippen molar-refractivity contribution in [1.29, 1.82) is 0 Å². The summed E-state index contributed by atoms with van der Waals surface area (Å²) in [5.74, 6) is 1.43. The summed E-state index contributed by atoms with van der Waals surface area (Å²) in [6.07, 6.45) is 6.58. The smallest absolute Gasteiger partial charge is 0.144 e. The predicted molar refractivity (Wildman–Crippen MR) is 68.4 cm³/mol. The van der Waals surface area contributed by atoms with Gasteiger partial charge in [0, 0.05) is 24.6 Å². The summed E-state index contributed by atoms with van der Waals surface area (Å²) in [5, 5.41) is 3.05. The van der Waals surface area contributed by atoms with Crippen LogP contribution in [0.5, 0.6) is 0 Å². The lowest BCUT2D eigenvalue weighted by Gasteiger charge is -2.15. The summed E-state index contributed by atoms with van der Waals surface area (Å²) in [7, 11) is 0. The van der Waals surface area contributed by atoms with Crippen LogP contribution in [0.15, 0.2) is 16.6 Å². The fourth-order valence-electron chi connectivity index (χ4n) is 1.48. The molecule has 0 heterocycles. The largest absolute Gasteiger partial charge is 0.309 e. The predicted octanol–water partition coefficient (Wildman–Crippen LogP) is 3.62. The van der Waals surface area contributed by atoms with Gasteiger partial charge < -0.3 is 5.32 Å². The fourth-order valence-corrected chi connectivity index (χ4v) is 1.85. The zero-order chi connectivity index (χ0) is 12.8. The highest BCUT2D eigenvalue weighted by molar-refractivity contribution is 9.10. The Balaban J connectivity index is 2.75. The number of halogens is 3. The fraction of sp³-hybridized carbons (Fsp3) is 0.385. The highest BCUT2D eigenvalue weighted by Crippen LogP contribution is 2.21. The molecule has 0 saturated heterocycles. The van der Waals surface area contributed by atoms with E-state index in [9.17, 15) is 8.78 Å². The Bertz CT molecular complexity index is 426. The summed E-state index contributed by atoms with van der Waals surface area (Å²) in [4.78, 5) is 0. The first-order valence-electron chi connectivity index (χ1n) is 5.39. The number of nitrogens with one attached hydrogen (secondary N) is 1. The van der Waals surface area contributed by atoms with Crippen LogP contribution in [0, 0.1) is 24.0 Å². The zero-order valence-corrected chi connectivity index (χ0v) is 11.2. The third-order valence-electron chi connectivity index (χ3n) is 2.56. The van der Waals surface area contributed by atoms with E-state index in [1.165, 1.54) is 12.1 Å². The van der Waals surface area contributed by atoms with Crippen LogP contribution in [-0.2, 0) is 6.54 Å². The van der Waals surface area contributed by atoms with E-state index in [0.29, 0.717) is 6.42 Å².